The molecule has 7 nitrogen and oxygen atoms in total. The van der Waals surface area contributed by atoms with E-state index in [0.29, 0.717) is 18.8 Å². The van der Waals surface area contributed by atoms with E-state index in [2.05, 4.69) is 10.3 Å². The number of hydrazine groups is 1. The fraction of sp³-hybridized carbons (Fsp3) is 0.417. The molecule has 0 radical (unpaired) electrons. The Bertz CT molecular complexity index is 582. The number of rotatable bonds is 4. The van der Waals surface area contributed by atoms with E-state index in [1.54, 1.807) is 18.2 Å². The summed E-state index contributed by atoms with van der Waals surface area (Å²) in [6.07, 6.45) is 0.970. The number of nitrogens with one attached hydrogen (secondary N) is 2. The lowest BCUT2D eigenvalue weighted by Crippen LogP contribution is -2.41. The molecule has 0 bridgehead atoms. The summed E-state index contributed by atoms with van der Waals surface area (Å²) in [6.45, 7) is 2.86. The van der Waals surface area contributed by atoms with Crippen LogP contribution in [0.15, 0.2) is 24.3 Å². The summed E-state index contributed by atoms with van der Waals surface area (Å²) < 4.78 is 27.1. The second-order valence-corrected chi connectivity index (χ2v) is 6.23. The molecule has 1 fully saturated rings. The molecule has 0 aliphatic carbocycles. The SMILES string of the molecule is CS(=O)(=O)NNC(=O)c1cccc(N2CCOCC2)c1. The van der Waals surface area contributed by atoms with Crippen molar-refractivity contribution in [1.29, 1.82) is 0 Å². The molecule has 1 aromatic rings. The molecule has 1 amide bonds. The molecule has 0 unspecified atom stereocenters. The van der Waals surface area contributed by atoms with Gasteiger partial charge in [0, 0.05) is 24.3 Å². The van der Waals surface area contributed by atoms with Crippen LogP contribution in [0.25, 0.3) is 0 Å². The molecule has 2 N–H and O–H groups in total. The average Bonchev–Trinajstić information content (AvgIpc) is 2.45. The van der Waals surface area contributed by atoms with Crippen molar-refractivity contribution < 1.29 is 17.9 Å². The number of amides is 1. The molecule has 110 valence electrons. The molecular weight excluding hydrogens is 282 g/mol. The second-order valence-electron chi connectivity index (χ2n) is 4.48. The normalized spacial score (nSPS) is 15.9. The van der Waals surface area contributed by atoms with Crippen molar-refractivity contribution in [1.82, 2.24) is 10.3 Å². The zero-order valence-electron chi connectivity index (χ0n) is 11.1. The molecule has 1 aliphatic heterocycles. The van der Waals surface area contributed by atoms with Crippen LogP contribution in [-0.4, -0.2) is 46.9 Å². The number of carbonyl (C=O) groups is 1. The monoisotopic (exact) mass is 299 g/mol. The zero-order chi connectivity index (χ0) is 14.6. The quantitative estimate of drug-likeness (QED) is 0.747. The fourth-order valence-corrected chi connectivity index (χ4v) is 2.15. The van der Waals surface area contributed by atoms with Gasteiger partial charge in [-0.1, -0.05) is 6.07 Å². The Hall–Kier alpha value is -1.64. The van der Waals surface area contributed by atoms with Gasteiger partial charge < -0.3 is 9.64 Å². The third-order valence-electron chi connectivity index (χ3n) is 2.83. The number of nitrogens with zero attached hydrogens (tertiary/aromatic N) is 1. The molecule has 2 rings (SSSR count). The van der Waals surface area contributed by atoms with Gasteiger partial charge in [-0.2, -0.15) is 0 Å². The van der Waals surface area contributed by atoms with Crippen molar-refractivity contribution in [2.75, 3.05) is 37.5 Å². The third-order valence-corrected chi connectivity index (χ3v) is 3.31. The molecule has 1 saturated heterocycles. The van der Waals surface area contributed by atoms with Crippen molar-refractivity contribution in [3.8, 4) is 0 Å². The minimum absolute atomic E-state index is 0.394. The third kappa shape index (κ3) is 4.19. The smallest absolute Gasteiger partial charge is 0.266 e. The van der Waals surface area contributed by atoms with Gasteiger partial charge in [0.2, 0.25) is 10.0 Å². The molecule has 1 aliphatic rings. The zero-order valence-corrected chi connectivity index (χ0v) is 11.9. The van der Waals surface area contributed by atoms with E-state index in [0.717, 1.165) is 25.0 Å². The highest BCUT2D eigenvalue weighted by atomic mass is 32.2. The van der Waals surface area contributed by atoms with E-state index in [4.69, 9.17) is 4.74 Å². The maximum Gasteiger partial charge on any atom is 0.266 e. The van der Waals surface area contributed by atoms with Crippen LogP contribution in [0, 0.1) is 0 Å². The summed E-state index contributed by atoms with van der Waals surface area (Å²) in [6, 6.07) is 7.03. The van der Waals surface area contributed by atoms with Crippen LogP contribution in [0.4, 0.5) is 5.69 Å². The molecule has 1 heterocycles. The van der Waals surface area contributed by atoms with Crippen LogP contribution in [0.3, 0.4) is 0 Å². The fourth-order valence-electron chi connectivity index (χ4n) is 1.88. The van der Waals surface area contributed by atoms with Crippen molar-refractivity contribution in [3.05, 3.63) is 29.8 Å². The standard InChI is InChI=1S/C12H17N3O4S/c1-20(17,18)14-13-12(16)10-3-2-4-11(9-10)15-5-7-19-8-6-15/h2-4,9,14H,5-8H2,1H3,(H,13,16). The van der Waals surface area contributed by atoms with Crippen molar-refractivity contribution >= 4 is 21.6 Å². The van der Waals surface area contributed by atoms with Crippen LogP contribution < -0.4 is 15.2 Å². The molecule has 0 saturated carbocycles. The lowest BCUT2D eigenvalue weighted by molar-refractivity contribution is 0.0945. The van der Waals surface area contributed by atoms with Crippen molar-refractivity contribution in [2.45, 2.75) is 0 Å². The number of hydrogen-bond acceptors (Lipinski definition) is 5. The van der Waals surface area contributed by atoms with Crippen LogP contribution in [-0.2, 0) is 14.8 Å². The largest absolute Gasteiger partial charge is 0.378 e. The number of hydrogen-bond donors (Lipinski definition) is 2. The summed E-state index contributed by atoms with van der Waals surface area (Å²) in [4.78, 5) is 15.9. The van der Waals surface area contributed by atoms with E-state index in [-0.39, 0.29) is 0 Å². The van der Waals surface area contributed by atoms with Crippen LogP contribution >= 0.6 is 0 Å². The first-order valence-electron chi connectivity index (χ1n) is 6.15. The first-order valence-corrected chi connectivity index (χ1v) is 8.05. The number of anilines is 1. The maximum absolute atomic E-state index is 11.8. The minimum atomic E-state index is -3.47. The number of sulfonamides is 1. The van der Waals surface area contributed by atoms with Crippen molar-refractivity contribution in [3.63, 3.8) is 0 Å². The van der Waals surface area contributed by atoms with Gasteiger partial charge in [0.15, 0.2) is 0 Å². The molecule has 1 aromatic carbocycles. The van der Waals surface area contributed by atoms with Gasteiger partial charge in [-0.3, -0.25) is 10.2 Å². The molecule has 0 aromatic heterocycles. The summed E-state index contributed by atoms with van der Waals surface area (Å²) in [5.41, 5.74) is 3.46. The highest BCUT2D eigenvalue weighted by Crippen LogP contribution is 2.17. The van der Waals surface area contributed by atoms with Gasteiger partial charge in [0.25, 0.3) is 5.91 Å². The predicted octanol–water partition coefficient (Wildman–Crippen LogP) is -0.283. The van der Waals surface area contributed by atoms with E-state index >= 15 is 0 Å². The van der Waals surface area contributed by atoms with Gasteiger partial charge in [-0.25, -0.2) is 8.42 Å². The molecule has 8 heteroatoms. The van der Waals surface area contributed by atoms with E-state index < -0.39 is 15.9 Å². The highest BCUT2D eigenvalue weighted by molar-refractivity contribution is 7.88. The van der Waals surface area contributed by atoms with E-state index in [9.17, 15) is 13.2 Å². The molecule has 20 heavy (non-hydrogen) atoms. The lowest BCUT2D eigenvalue weighted by atomic mass is 10.1. The highest BCUT2D eigenvalue weighted by Gasteiger charge is 2.13. The number of morpholine rings is 1. The Morgan fingerprint density at radius 2 is 2.00 bits per heavy atom. The van der Waals surface area contributed by atoms with Crippen LogP contribution in [0.1, 0.15) is 10.4 Å². The minimum Gasteiger partial charge on any atom is -0.378 e. The number of carbonyl (C=O) groups excluding carboxylic acids is 1. The van der Waals surface area contributed by atoms with Gasteiger partial charge in [0.1, 0.15) is 0 Å². The van der Waals surface area contributed by atoms with Gasteiger partial charge in [0.05, 0.1) is 19.5 Å². The second kappa shape index (κ2) is 6.21. The van der Waals surface area contributed by atoms with Gasteiger partial charge in [-0.05, 0) is 18.2 Å². The number of benzene rings is 1. The first kappa shape index (κ1) is 14.8. The topological polar surface area (TPSA) is 87.7 Å². The van der Waals surface area contributed by atoms with Gasteiger partial charge >= 0.3 is 0 Å². The average molecular weight is 299 g/mol. The number of ether oxygens (including phenoxy) is 1. The molecule has 0 atom stereocenters. The Labute approximate surface area is 117 Å². The van der Waals surface area contributed by atoms with Crippen molar-refractivity contribution in [2.24, 2.45) is 0 Å². The lowest BCUT2D eigenvalue weighted by Gasteiger charge is -2.29. The predicted molar refractivity (Wildman–Crippen MR) is 74.9 cm³/mol. The summed E-state index contributed by atoms with van der Waals surface area (Å²) in [7, 11) is -3.47. The maximum atomic E-state index is 11.8. The molecule has 0 spiro atoms. The van der Waals surface area contributed by atoms with Gasteiger partial charge in [-0.15, -0.1) is 4.83 Å². The summed E-state index contributed by atoms with van der Waals surface area (Å²) in [5, 5.41) is 0. The Morgan fingerprint density at radius 3 is 2.65 bits per heavy atom. The van der Waals surface area contributed by atoms with E-state index in [1.807, 2.05) is 10.9 Å². The Kier molecular flexibility index (Phi) is 4.58. The van der Waals surface area contributed by atoms with Crippen LogP contribution in [0.2, 0.25) is 0 Å². The summed E-state index contributed by atoms with van der Waals surface area (Å²) in [5.74, 6) is -0.495. The van der Waals surface area contributed by atoms with E-state index in [1.165, 1.54) is 0 Å². The first-order chi connectivity index (χ1) is 9.46. The Balaban J connectivity index is 2.06. The molecular formula is C12H17N3O4S. The van der Waals surface area contributed by atoms with Crippen LogP contribution in [0.5, 0.6) is 0 Å². The Morgan fingerprint density at radius 1 is 1.30 bits per heavy atom. The summed E-state index contributed by atoms with van der Waals surface area (Å²) >= 11 is 0.